The molecule has 0 amide bonds. The Balaban J connectivity index is 1.91. The summed E-state index contributed by atoms with van der Waals surface area (Å²) in [7, 11) is 0. The number of hydrogen-bond acceptors (Lipinski definition) is 3. The Bertz CT molecular complexity index is 574. The Morgan fingerprint density at radius 3 is 2.37 bits per heavy atom. The minimum Gasteiger partial charge on any atom is -0.319 e. The Morgan fingerprint density at radius 2 is 1.74 bits per heavy atom. The summed E-state index contributed by atoms with van der Waals surface area (Å²) in [6.45, 7) is 0. The first kappa shape index (κ1) is 12.6. The van der Waals surface area contributed by atoms with Crippen LogP contribution in [0, 0.1) is 0 Å². The summed E-state index contributed by atoms with van der Waals surface area (Å²) in [6.07, 6.45) is 7.95. The molecule has 0 radical (unpaired) electrons. The molecule has 0 unspecified atom stereocenters. The van der Waals surface area contributed by atoms with Crippen molar-refractivity contribution in [1.82, 2.24) is 9.97 Å². The van der Waals surface area contributed by atoms with Gasteiger partial charge in [0, 0.05) is 23.0 Å². The number of halogens is 1. The maximum atomic E-state index is 6.35. The molecule has 1 fully saturated rings. The number of hydrogen-bond donors (Lipinski definition) is 1. The van der Waals surface area contributed by atoms with Crippen molar-refractivity contribution in [2.45, 2.75) is 31.2 Å². The summed E-state index contributed by atoms with van der Waals surface area (Å²) in [5.74, 6) is 0.760. The van der Waals surface area contributed by atoms with Crippen LogP contribution in [0.4, 0.5) is 0 Å². The molecule has 3 nitrogen and oxygen atoms in total. The van der Waals surface area contributed by atoms with Crippen molar-refractivity contribution in [2.24, 2.45) is 5.73 Å². The molecule has 1 heterocycles. The van der Waals surface area contributed by atoms with Crippen molar-refractivity contribution in [3.05, 3.63) is 47.5 Å². The number of aromatic nitrogens is 2. The van der Waals surface area contributed by atoms with E-state index in [1.807, 2.05) is 36.7 Å². The van der Waals surface area contributed by atoms with Gasteiger partial charge in [0.25, 0.3) is 0 Å². The molecule has 2 N–H and O–H groups in total. The van der Waals surface area contributed by atoms with Gasteiger partial charge in [-0.1, -0.05) is 36.6 Å². The third-order valence-corrected chi connectivity index (χ3v) is 3.99. The molecular formula is C15H16ClN3. The van der Waals surface area contributed by atoms with Gasteiger partial charge in [0.2, 0.25) is 0 Å². The highest BCUT2D eigenvalue weighted by atomic mass is 35.5. The first-order chi connectivity index (χ1) is 9.17. The highest BCUT2D eigenvalue weighted by molar-refractivity contribution is 6.30. The van der Waals surface area contributed by atoms with Gasteiger partial charge in [-0.25, -0.2) is 9.97 Å². The van der Waals surface area contributed by atoms with E-state index in [4.69, 9.17) is 17.3 Å². The average molecular weight is 274 g/mol. The van der Waals surface area contributed by atoms with Crippen LogP contribution < -0.4 is 5.73 Å². The minimum absolute atomic E-state index is 0.327. The molecule has 19 heavy (non-hydrogen) atoms. The molecule has 1 aliphatic rings. The van der Waals surface area contributed by atoms with Crippen molar-refractivity contribution >= 4 is 11.6 Å². The smallest absolute Gasteiger partial charge is 0.148 e. The molecule has 1 aromatic heterocycles. The van der Waals surface area contributed by atoms with Gasteiger partial charge in [0.05, 0.1) is 5.54 Å². The molecule has 1 aliphatic carbocycles. The van der Waals surface area contributed by atoms with E-state index in [0.717, 1.165) is 42.6 Å². The van der Waals surface area contributed by atoms with Gasteiger partial charge < -0.3 is 5.73 Å². The lowest BCUT2D eigenvalue weighted by molar-refractivity contribution is 0.431. The lowest BCUT2D eigenvalue weighted by Gasteiger charge is -2.21. The summed E-state index contributed by atoms with van der Waals surface area (Å²) in [6, 6.07) is 7.69. The maximum absolute atomic E-state index is 6.35. The van der Waals surface area contributed by atoms with Crippen LogP contribution in [-0.4, -0.2) is 9.97 Å². The summed E-state index contributed by atoms with van der Waals surface area (Å²) in [5.41, 5.74) is 8.01. The van der Waals surface area contributed by atoms with Crippen molar-refractivity contribution < 1.29 is 0 Å². The summed E-state index contributed by atoms with van der Waals surface area (Å²) in [5, 5.41) is 0.715. The highest BCUT2D eigenvalue weighted by Gasteiger charge is 2.33. The standard InChI is InChI=1S/C15H16ClN3/c16-13-5-3-4-11(8-13)12-9-18-14(19-10-12)15(17)6-1-2-7-15/h3-5,8-10H,1-2,6-7,17H2. The topological polar surface area (TPSA) is 51.8 Å². The fourth-order valence-corrected chi connectivity index (χ4v) is 2.82. The van der Waals surface area contributed by atoms with Crippen molar-refractivity contribution in [1.29, 1.82) is 0 Å². The van der Waals surface area contributed by atoms with E-state index in [0.29, 0.717) is 5.02 Å². The van der Waals surface area contributed by atoms with Crippen LogP contribution in [0.1, 0.15) is 31.5 Å². The third kappa shape index (κ3) is 2.48. The molecule has 1 aromatic carbocycles. The fourth-order valence-electron chi connectivity index (χ4n) is 2.63. The molecule has 0 spiro atoms. The normalized spacial score (nSPS) is 17.6. The Labute approximate surface area is 117 Å². The SMILES string of the molecule is NC1(c2ncc(-c3cccc(Cl)c3)cn2)CCCC1. The Morgan fingerprint density at radius 1 is 1.05 bits per heavy atom. The quantitative estimate of drug-likeness (QED) is 0.911. The van der Waals surface area contributed by atoms with Crippen LogP contribution >= 0.6 is 11.6 Å². The van der Waals surface area contributed by atoms with Crippen LogP contribution in [0.25, 0.3) is 11.1 Å². The zero-order chi connectivity index (χ0) is 13.3. The van der Waals surface area contributed by atoms with Gasteiger partial charge in [-0.2, -0.15) is 0 Å². The molecule has 4 heteroatoms. The molecule has 3 rings (SSSR count). The number of nitrogens with zero attached hydrogens (tertiary/aromatic N) is 2. The first-order valence-corrected chi connectivity index (χ1v) is 6.93. The Hall–Kier alpha value is -1.45. The van der Waals surface area contributed by atoms with E-state index in [-0.39, 0.29) is 5.54 Å². The number of benzene rings is 1. The highest BCUT2D eigenvalue weighted by Crippen LogP contribution is 2.34. The molecule has 0 atom stereocenters. The van der Waals surface area contributed by atoms with E-state index in [2.05, 4.69) is 9.97 Å². The molecule has 0 bridgehead atoms. The zero-order valence-corrected chi connectivity index (χ0v) is 11.4. The fraction of sp³-hybridized carbons (Fsp3) is 0.333. The summed E-state index contributed by atoms with van der Waals surface area (Å²) < 4.78 is 0. The van der Waals surface area contributed by atoms with Crippen LogP contribution in [0.2, 0.25) is 5.02 Å². The second-order valence-corrected chi connectivity index (χ2v) is 5.61. The monoisotopic (exact) mass is 273 g/mol. The van der Waals surface area contributed by atoms with Gasteiger partial charge in [-0.15, -0.1) is 0 Å². The second kappa shape index (κ2) is 4.91. The summed E-state index contributed by atoms with van der Waals surface area (Å²) in [4.78, 5) is 8.92. The van der Waals surface area contributed by atoms with Gasteiger partial charge in [-0.3, -0.25) is 0 Å². The van der Waals surface area contributed by atoms with Gasteiger partial charge in [0.1, 0.15) is 5.82 Å². The van der Waals surface area contributed by atoms with Crippen molar-refractivity contribution in [3.63, 3.8) is 0 Å². The van der Waals surface area contributed by atoms with E-state index < -0.39 is 0 Å². The maximum Gasteiger partial charge on any atom is 0.148 e. The first-order valence-electron chi connectivity index (χ1n) is 6.55. The van der Waals surface area contributed by atoms with Crippen LogP contribution in [0.5, 0.6) is 0 Å². The van der Waals surface area contributed by atoms with Crippen LogP contribution in [0.3, 0.4) is 0 Å². The van der Waals surface area contributed by atoms with E-state index in [1.165, 1.54) is 0 Å². The minimum atomic E-state index is -0.327. The Kier molecular flexibility index (Phi) is 3.25. The van der Waals surface area contributed by atoms with Crippen molar-refractivity contribution in [3.8, 4) is 11.1 Å². The molecule has 0 aliphatic heterocycles. The second-order valence-electron chi connectivity index (χ2n) is 5.17. The van der Waals surface area contributed by atoms with Crippen LogP contribution in [-0.2, 0) is 5.54 Å². The molecular weight excluding hydrogens is 258 g/mol. The van der Waals surface area contributed by atoms with E-state index >= 15 is 0 Å². The lowest BCUT2D eigenvalue weighted by Crippen LogP contribution is -2.35. The van der Waals surface area contributed by atoms with Crippen LogP contribution in [0.15, 0.2) is 36.7 Å². The number of nitrogens with two attached hydrogens (primary N) is 1. The van der Waals surface area contributed by atoms with Gasteiger partial charge in [0.15, 0.2) is 0 Å². The average Bonchev–Trinajstić information content (AvgIpc) is 2.87. The predicted molar refractivity (Wildman–Crippen MR) is 76.8 cm³/mol. The van der Waals surface area contributed by atoms with Crippen molar-refractivity contribution in [2.75, 3.05) is 0 Å². The molecule has 98 valence electrons. The lowest BCUT2D eigenvalue weighted by atomic mass is 9.98. The molecule has 2 aromatic rings. The number of rotatable bonds is 2. The molecule has 0 saturated heterocycles. The predicted octanol–water partition coefficient (Wildman–Crippen LogP) is 3.53. The van der Waals surface area contributed by atoms with Gasteiger partial charge in [-0.05, 0) is 30.5 Å². The van der Waals surface area contributed by atoms with E-state index in [9.17, 15) is 0 Å². The molecule has 1 saturated carbocycles. The third-order valence-electron chi connectivity index (χ3n) is 3.75. The summed E-state index contributed by atoms with van der Waals surface area (Å²) >= 11 is 5.99. The van der Waals surface area contributed by atoms with E-state index in [1.54, 1.807) is 0 Å². The largest absolute Gasteiger partial charge is 0.319 e. The van der Waals surface area contributed by atoms with Gasteiger partial charge >= 0.3 is 0 Å². The zero-order valence-electron chi connectivity index (χ0n) is 10.6.